The quantitative estimate of drug-likeness (QED) is 0.826. The minimum atomic E-state index is 0.298. The lowest BCUT2D eigenvalue weighted by molar-refractivity contribution is 0.591. The van der Waals surface area contributed by atoms with Crippen molar-refractivity contribution in [2.45, 2.75) is 25.1 Å². The van der Waals surface area contributed by atoms with Crippen molar-refractivity contribution in [1.29, 1.82) is 0 Å². The van der Waals surface area contributed by atoms with Crippen molar-refractivity contribution >= 4 is 43.6 Å². The number of hydrogen-bond donors (Lipinski definition) is 1. The third-order valence-corrected chi connectivity index (χ3v) is 5.55. The first-order chi connectivity index (χ1) is 7.44. The first-order valence-corrected chi connectivity index (χ1v) is 7.95. The summed E-state index contributed by atoms with van der Waals surface area (Å²) in [5, 5.41) is 3.48. The molecule has 0 fully saturated rings. The predicted molar refractivity (Wildman–Crippen MR) is 81.1 cm³/mol. The molecule has 0 aliphatic heterocycles. The summed E-state index contributed by atoms with van der Waals surface area (Å²) in [6, 6.07) is 6.35. The minimum Gasteiger partial charge on any atom is -0.311 e. The SMILES string of the molecule is CSC(C)(C)CNCc1ccc(Br)c(Br)c1. The van der Waals surface area contributed by atoms with Crippen LogP contribution in [0.2, 0.25) is 0 Å². The Kier molecular flexibility index (Phi) is 5.85. The maximum atomic E-state index is 3.51. The van der Waals surface area contributed by atoms with E-state index in [1.54, 1.807) is 0 Å². The van der Waals surface area contributed by atoms with Crippen LogP contribution in [0.5, 0.6) is 0 Å². The standard InChI is InChI=1S/C12H17Br2NS/c1-12(2,16-3)8-15-7-9-4-5-10(13)11(14)6-9/h4-6,15H,7-8H2,1-3H3. The van der Waals surface area contributed by atoms with Crippen LogP contribution >= 0.6 is 43.6 Å². The van der Waals surface area contributed by atoms with Crippen LogP contribution in [0.4, 0.5) is 0 Å². The normalized spacial score (nSPS) is 11.8. The number of thioether (sulfide) groups is 1. The van der Waals surface area contributed by atoms with Crippen molar-refractivity contribution in [3.63, 3.8) is 0 Å². The molecule has 0 heterocycles. The van der Waals surface area contributed by atoms with E-state index >= 15 is 0 Å². The van der Waals surface area contributed by atoms with Gasteiger partial charge in [0.15, 0.2) is 0 Å². The molecule has 16 heavy (non-hydrogen) atoms. The number of benzene rings is 1. The van der Waals surface area contributed by atoms with Gasteiger partial charge in [0.2, 0.25) is 0 Å². The molecule has 90 valence electrons. The molecule has 0 atom stereocenters. The van der Waals surface area contributed by atoms with Crippen LogP contribution < -0.4 is 5.32 Å². The van der Waals surface area contributed by atoms with E-state index in [2.05, 4.69) is 75.5 Å². The molecule has 0 aromatic heterocycles. The average molecular weight is 367 g/mol. The molecule has 0 radical (unpaired) electrons. The van der Waals surface area contributed by atoms with Crippen molar-refractivity contribution in [3.05, 3.63) is 32.7 Å². The smallest absolute Gasteiger partial charge is 0.0320 e. The zero-order valence-corrected chi connectivity index (χ0v) is 13.8. The third-order valence-electron chi connectivity index (χ3n) is 2.42. The Hall–Kier alpha value is 0.490. The minimum absolute atomic E-state index is 0.298. The zero-order valence-electron chi connectivity index (χ0n) is 9.81. The highest BCUT2D eigenvalue weighted by Gasteiger charge is 2.14. The highest BCUT2D eigenvalue weighted by Crippen LogP contribution is 2.24. The Balaban J connectivity index is 2.46. The van der Waals surface area contributed by atoms with E-state index in [0.717, 1.165) is 22.0 Å². The van der Waals surface area contributed by atoms with E-state index < -0.39 is 0 Å². The first-order valence-electron chi connectivity index (χ1n) is 5.14. The Bertz CT molecular complexity index is 353. The highest BCUT2D eigenvalue weighted by atomic mass is 79.9. The molecule has 1 N–H and O–H groups in total. The summed E-state index contributed by atoms with van der Waals surface area (Å²) in [7, 11) is 0. The van der Waals surface area contributed by atoms with Gasteiger partial charge < -0.3 is 5.32 Å². The molecular weight excluding hydrogens is 350 g/mol. The van der Waals surface area contributed by atoms with Crippen molar-refractivity contribution in [2.24, 2.45) is 0 Å². The van der Waals surface area contributed by atoms with E-state index in [1.807, 2.05) is 11.8 Å². The number of rotatable bonds is 5. The molecule has 0 amide bonds. The van der Waals surface area contributed by atoms with Crippen molar-refractivity contribution in [1.82, 2.24) is 5.32 Å². The molecule has 0 bridgehead atoms. The average Bonchev–Trinajstić information content (AvgIpc) is 2.23. The van der Waals surface area contributed by atoms with E-state index in [0.29, 0.717) is 4.75 Å². The van der Waals surface area contributed by atoms with Crippen LogP contribution in [0.25, 0.3) is 0 Å². The molecule has 4 heteroatoms. The van der Waals surface area contributed by atoms with Gasteiger partial charge in [-0.1, -0.05) is 6.07 Å². The summed E-state index contributed by atoms with van der Waals surface area (Å²) in [5.41, 5.74) is 1.30. The second-order valence-electron chi connectivity index (χ2n) is 4.32. The van der Waals surface area contributed by atoms with Crippen LogP contribution in [0.3, 0.4) is 0 Å². The van der Waals surface area contributed by atoms with Gasteiger partial charge in [-0.3, -0.25) is 0 Å². The topological polar surface area (TPSA) is 12.0 Å². The van der Waals surface area contributed by atoms with Gasteiger partial charge in [0, 0.05) is 26.8 Å². The molecule has 1 aromatic carbocycles. The molecule has 0 spiro atoms. The predicted octanol–water partition coefficient (Wildman–Crippen LogP) is 4.44. The van der Waals surface area contributed by atoms with Crippen molar-refractivity contribution in [2.75, 3.05) is 12.8 Å². The Labute approximate surface area is 119 Å². The molecule has 1 nitrogen and oxygen atoms in total. The van der Waals surface area contributed by atoms with Gasteiger partial charge in [-0.25, -0.2) is 0 Å². The molecular formula is C12H17Br2NS. The van der Waals surface area contributed by atoms with Gasteiger partial charge >= 0.3 is 0 Å². The second-order valence-corrected chi connectivity index (χ2v) is 7.54. The summed E-state index contributed by atoms with van der Waals surface area (Å²) in [6.07, 6.45) is 2.15. The van der Waals surface area contributed by atoms with Crippen LogP contribution in [0, 0.1) is 0 Å². The first kappa shape index (κ1) is 14.6. The van der Waals surface area contributed by atoms with Gasteiger partial charge in [-0.2, -0.15) is 11.8 Å². The Morgan fingerprint density at radius 1 is 1.25 bits per heavy atom. The van der Waals surface area contributed by atoms with E-state index in [9.17, 15) is 0 Å². The summed E-state index contributed by atoms with van der Waals surface area (Å²) < 4.78 is 2.50. The Morgan fingerprint density at radius 3 is 2.50 bits per heavy atom. The number of halogens is 2. The second kappa shape index (κ2) is 6.43. The van der Waals surface area contributed by atoms with Gasteiger partial charge in [0.05, 0.1) is 0 Å². The van der Waals surface area contributed by atoms with Gasteiger partial charge in [0.1, 0.15) is 0 Å². The fourth-order valence-electron chi connectivity index (χ4n) is 1.23. The lowest BCUT2D eigenvalue weighted by atomic mass is 10.2. The molecule has 0 unspecified atom stereocenters. The molecule has 1 aromatic rings. The maximum absolute atomic E-state index is 3.51. The van der Waals surface area contributed by atoms with E-state index in [4.69, 9.17) is 0 Å². The summed E-state index contributed by atoms with van der Waals surface area (Å²) >= 11 is 8.87. The fraction of sp³-hybridized carbons (Fsp3) is 0.500. The summed E-state index contributed by atoms with van der Waals surface area (Å²) in [4.78, 5) is 0. The molecule has 0 saturated carbocycles. The number of nitrogens with one attached hydrogen (secondary N) is 1. The fourth-order valence-corrected chi connectivity index (χ4v) is 2.15. The summed E-state index contributed by atoms with van der Waals surface area (Å²) in [6.45, 7) is 6.43. The van der Waals surface area contributed by atoms with E-state index in [1.165, 1.54) is 5.56 Å². The lowest BCUT2D eigenvalue weighted by Crippen LogP contribution is -2.31. The lowest BCUT2D eigenvalue weighted by Gasteiger charge is -2.22. The van der Waals surface area contributed by atoms with Gasteiger partial charge in [0.25, 0.3) is 0 Å². The molecule has 0 aliphatic rings. The maximum Gasteiger partial charge on any atom is 0.0320 e. The van der Waals surface area contributed by atoms with Gasteiger partial charge in [-0.05, 0) is 69.7 Å². The van der Waals surface area contributed by atoms with Crippen molar-refractivity contribution in [3.8, 4) is 0 Å². The largest absolute Gasteiger partial charge is 0.311 e. The monoisotopic (exact) mass is 365 g/mol. The zero-order chi connectivity index (χ0) is 12.2. The van der Waals surface area contributed by atoms with Crippen LogP contribution in [0.1, 0.15) is 19.4 Å². The highest BCUT2D eigenvalue weighted by molar-refractivity contribution is 9.13. The van der Waals surface area contributed by atoms with Crippen molar-refractivity contribution < 1.29 is 0 Å². The summed E-state index contributed by atoms with van der Waals surface area (Å²) in [5.74, 6) is 0. The Morgan fingerprint density at radius 2 is 1.94 bits per heavy atom. The third kappa shape index (κ3) is 4.78. The van der Waals surface area contributed by atoms with Gasteiger partial charge in [-0.15, -0.1) is 0 Å². The molecule has 0 saturated heterocycles. The van der Waals surface area contributed by atoms with Crippen LogP contribution in [0.15, 0.2) is 27.1 Å². The van der Waals surface area contributed by atoms with E-state index in [-0.39, 0.29) is 0 Å². The molecule has 1 rings (SSSR count). The van der Waals surface area contributed by atoms with Crippen LogP contribution in [-0.4, -0.2) is 17.5 Å². The van der Waals surface area contributed by atoms with Crippen LogP contribution in [-0.2, 0) is 6.54 Å². The number of hydrogen-bond acceptors (Lipinski definition) is 2. The molecule has 0 aliphatic carbocycles.